The maximum absolute atomic E-state index is 12.1. The minimum atomic E-state index is -0.761. The van der Waals surface area contributed by atoms with Gasteiger partial charge in [-0.05, 0) is 19.5 Å². The highest BCUT2D eigenvalue weighted by atomic mass is 35.5. The maximum atomic E-state index is 12.1. The van der Waals surface area contributed by atoms with Gasteiger partial charge in [-0.1, -0.05) is 37.3 Å². The molecule has 21 heavy (non-hydrogen) atoms. The lowest BCUT2D eigenvalue weighted by Crippen LogP contribution is -2.40. The van der Waals surface area contributed by atoms with Crippen LogP contribution in [0.1, 0.15) is 25.5 Å². The Hall–Kier alpha value is -1.59. The lowest BCUT2D eigenvalue weighted by atomic mass is 10.1. The van der Waals surface area contributed by atoms with Crippen molar-refractivity contribution < 1.29 is 14.3 Å². The molecule has 0 radical (unpaired) electrons. The predicted octanol–water partition coefficient (Wildman–Crippen LogP) is 1.68. The van der Waals surface area contributed by atoms with Crippen molar-refractivity contribution in [1.82, 2.24) is 10.6 Å². The third-order valence-electron chi connectivity index (χ3n) is 2.90. The summed E-state index contributed by atoms with van der Waals surface area (Å²) in [5, 5.41) is 5.69. The van der Waals surface area contributed by atoms with Crippen LogP contribution in [0, 0.1) is 5.92 Å². The molecule has 118 valence electrons. The van der Waals surface area contributed by atoms with Crippen LogP contribution in [0.3, 0.4) is 0 Å². The first-order valence-corrected chi connectivity index (χ1v) is 6.76. The highest BCUT2D eigenvalue weighted by Gasteiger charge is 2.25. The summed E-state index contributed by atoms with van der Waals surface area (Å²) in [7, 11) is 1.78. The molecule has 0 aliphatic rings. The van der Waals surface area contributed by atoms with Gasteiger partial charge in [0.15, 0.2) is 6.04 Å². The Kier molecular flexibility index (Phi) is 9.41. The molecule has 0 fully saturated rings. The fraction of sp³-hybridized carbons (Fsp3) is 0.467. The Morgan fingerprint density at radius 1 is 1.24 bits per heavy atom. The van der Waals surface area contributed by atoms with Crippen molar-refractivity contribution in [2.24, 2.45) is 5.92 Å². The van der Waals surface area contributed by atoms with Gasteiger partial charge in [-0.3, -0.25) is 4.79 Å². The molecule has 1 aromatic rings. The van der Waals surface area contributed by atoms with Crippen LogP contribution in [-0.2, 0) is 14.3 Å². The number of carbonyl (C=O) groups excluding carboxylic acids is 2. The molecule has 0 saturated heterocycles. The molecule has 0 aromatic heterocycles. The molecule has 1 aromatic carbocycles. The zero-order valence-electron chi connectivity index (χ0n) is 12.6. The molecule has 0 spiro atoms. The fourth-order valence-corrected chi connectivity index (χ4v) is 1.83. The number of carbonyl (C=O) groups is 2. The Bertz CT molecular complexity index is 440. The SMILES string of the molecule is CCOC(=O)[C@H](NC(=O)C(C)CNC)c1ccccc1.Cl. The van der Waals surface area contributed by atoms with Crippen LogP contribution in [-0.4, -0.2) is 32.1 Å². The molecule has 1 amide bonds. The standard InChI is InChI=1S/C15H22N2O3.ClH/c1-4-20-15(19)13(12-8-6-5-7-9-12)17-14(18)11(2)10-16-3;/h5-9,11,13,16H,4,10H2,1-3H3,(H,17,18);1H/t11?,13-;/m1./s1. The number of ether oxygens (including phenoxy) is 1. The van der Waals surface area contributed by atoms with Crippen LogP contribution in [0.15, 0.2) is 30.3 Å². The topological polar surface area (TPSA) is 67.4 Å². The molecule has 6 heteroatoms. The van der Waals surface area contributed by atoms with Gasteiger partial charge in [-0.2, -0.15) is 0 Å². The van der Waals surface area contributed by atoms with Crippen LogP contribution in [0.5, 0.6) is 0 Å². The van der Waals surface area contributed by atoms with E-state index in [4.69, 9.17) is 4.74 Å². The average molecular weight is 315 g/mol. The normalized spacial score (nSPS) is 12.7. The molecule has 2 atom stereocenters. The molecule has 0 bridgehead atoms. The van der Waals surface area contributed by atoms with Gasteiger partial charge in [0.05, 0.1) is 6.61 Å². The summed E-state index contributed by atoms with van der Waals surface area (Å²) in [5.74, 6) is -0.842. The Balaban J connectivity index is 0.00000400. The summed E-state index contributed by atoms with van der Waals surface area (Å²) in [6.07, 6.45) is 0. The minimum Gasteiger partial charge on any atom is -0.464 e. The second kappa shape index (κ2) is 10.2. The molecule has 2 N–H and O–H groups in total. The Morgan fingerprint density at radius 2 is 1.86 bits per heavy atom. The van der Waals surface area contributed by atoms with E-state index in [2.05, 4.69) is 10.6 Å². The second-order valence-electron chi connectivity index (χ2n) is 4.56. The van der Waals surface area contributed by atoms with Gasteiger partial charge in [-0.15, -0.1) is 12.4 Å². The average Bonchev–Trinajstić information content (AvgIpc) is 2.45. The van der Waals surface area contributed by atoms with Gasteiger partial charge in [-0.25, -0.2) is 4.79 Å². The summed E-state index contributed by atoms with van der Waals surface area (Å²) in [4.78, 5) is 24.1. The molecule has 0 aliphatic carbocycles. The van der Waals surface area contributed by atoms with E-state index >= 15 is 0 Å². The quantitative estimate of drug-likeness (QED) is 0.752. The van der Waals surface area contributed by atoms with Crippen molar-refractivity contribution in [3.8, 4) is 0 Å². The van der Waals surface area contributed by atoms with Gasteiger partial charge in [0.1, 0.15) is 0 Å². The maximum Gasteiger partial charge on any atom is 0.333 e. The molecule has 1 unspecified atom stereocenters. The lowest BCUT2D eigenvalue weighted by molar-refractivity contribution is -0.148. The van der Waals surface area contributed by atoms with E-state index in [9.17, 15) is 9.59 Å². The van der Waals surface area contributed by atoms with Gasteiger partial charge in [0, 0.05) is 12.5 Å². The third kappa shape index (κ3) is 6.14. The molecule has 5 nitrogen and oxygen atoms in total. The Morgan fingerprint density at radius 3 is 2.38 bits per heavy atom. The first-order chi connectivity index (χ1) is 9.60. The number of hydrogen-bond acceptors (Lipinski definition) is 4. The fourth-order valence-electron chi connectivity index (χ4n) is 1.83. The second-order valence-corrected chi connectivity index (χ2v) is 4.56. The van der Waals surface area contributed by atoms with Crippen molar-refractivity contribution >= 4 is 24.3 Å². The molecular weight excluding hydrogens is 292 g/mol. The van der Waals surface area contributed by atoms with Crippen molar-refractivity contribution in [2.75, 3.05) is 20.2 Å². The number of esters is 1. The van der Waals surface area contributed by atoms with E-state index in [-0.39, 0.29) is 30.8 Å². The number of hydrogen-bond donors (Lipinski definition) is 2. The van der Waals surface area contributed by atoms with E-state index in [0.717, 1.165) is 5.56 Å². The van der Waals surface area contributed by atoms with E-state index in [1.165, 1.54) is 0 Å². The Labute approximate surface area is 131 Å². The predicted molar refractivity (Wildman–Crippen MR) is 84.3 cm³/mol. The number of amides is 1. The lowest BCUT2D eigenvalue weighted by Gasteiger charge is -2.20. The number of benzene rings is 1. The van der Waals surface area contributed by atoms with E-state index in [1.807, 2.05) is 18.2 Å². The summed E-state index contributed by atoms with van der Waals surface area (Å²) in [5.41, 5.74) is 0.718. The van der Waals surface area contributed by atoms with Gasteiger partial charge in [0.2, 0.25) is 5.91 Å². The van der Waals surface area contributed by atoms with Crippen LogP contribution in [0.2, 0.25) is 0 Å². The molecule has 0 saturated carbocycles. The van der Waals surface area contributed by atoms with E-state index in [1.54, 1.807) is 33.0 Å². The van der Waals surface area contributed by atoms with E-state index < -0.39 is 12.0 Å². The zero-order chi connectivity index (χ0) is 15.0. The van der Waals surface area contributed by atoms with Crippen molar-refractivity contribution in [3.05, 3.63) is 35.9 Å². The smallest absolute Gasteiger partial charge is 0.333 e. The highest BCUT2D eigenvalue weighted by Crippen LogP contribution is 2.15. The highest BCUT2D eigenvalue weighted by molar-refractivity contribution is 5.86. The monoisotopic (exact) mass is 314 g/mol. The third-order valence-corrected chi connectivity index (χ3v) is 2.90. The summed E-state index contributed by atoms with van der Waals surface area (Å²) >= 11 is 0. The van der Waals surface area contributed by atoms with Crippen molar-refractivity contribution in [1.29, 1.82) is 0 Å². The van der Waals surface area contributed by atoms with Crippen molar-refractivity contribution in [3.63, 3.8) is 0 Å². The molecular formula is C15H23ClN2O3. The largest absolute Gasteiger partial charge is 0.464 e. The van der Waals surface area contributed by atoms with Crippen LogP contribution >= 0.6 is 12.4 Å². The van der Waals surface area contributed by atoms with Crippen LogP contribution < -0.4 is 10.6 Å². The molecule has 1 rings (SSSR count). The molecule has 0 aliphatic heterocycles. The minimum absolute atomic E-state index is 0. The molecule has 0 heterocycles. The number of rotatable bonds is 7. The summed E-state index contributed by atoms with van der Waals surface area (Å²) < 4.78 is 5.03. The number of nitrogens with one attached hydrogen (secondary N) is 2. The summed E-state index contributed by atoms with van der Waals surface area (Å²) in [6.45, 7) is 4.38. The van der Waals surface area contributed by atoms with Gasteiger partial charge < -0.3 is 15.4 Å². The first-order valence-electron chi connectivity index (χ1n) is 6.76. The van der Waals surface area contributed by atoms with Crippen molar-refractivity contribution in [2.45, 2.75) is 19.9 Å². The van der Waals surface area contributed by atoms with Gasteiger partial charge in [0.25, 0.3) is 0 Å². The van der Waals surface area contributed by atoms with Gasteiger partial charge >= 0.3 is 5.97 Å². The first kappa shape index (κ1) is 19.4. The summed E-state index contributed by atoms with van der Waals surface area (Å²) in [6, 6.07) is 8.34. The zero-order valence-corrected chi connectivity index (χ0v) is 13.4. The van der Waals surface area contributed by atoms with Crippen LogP contribution in [0.4, 0.5) is 0 Å². The van der Waals surface area contributed by atoms with Crippen LogP contribution in [0.25, 0.3) is 0 Å². The number of halogens is 1. The van der Waals surface area contributed by atoms with E-state index in [0.29, 0.717) is 6.54 Å².